The molecule has 38 heavy (non-hydrogen) atoms. The van der Waals surface area contributed by atoms with Gasteiger partial charge in [-0.2, -0.15) is 4.31 Å². The first kappa shape index (κ1) is 30.1. The van der Waals surface area contributed by atoms with Crippen LogP contribution in [0.25, 0.3) is 0 Å². The molecule has 0 aliphatic carbocycles. The molecule has 3 rings (SSSR count). The zero-order valence-electron chi connectivity index (χ0n) is 23.5. The number of sulfonamides is 1. The van der Waals surface area contributed by atoms with E-state index >= 15 is 0 Å². The molecule has 0 amide bonds. The summed E-state index contributed by atoms with van der Waals surface area (Å²) in [5.41, 5.74) is 3.72. The highest BCUT2D eigenvalue weighted by molar-refractivity contribution is 7.89. The van der Waals surface area contributed by atoms with E-state index in [0.29, 0.717) is 13.1 Å². The van der Waals surface area contributed by atoms with Crippen LogP contribution in [0.15, 0.2) is 42.5 Å². The van der Waals surface area contributed by atoms with Crippen LogP contribution in [0, 0.1) is 12.3 Å². The molecule has 2 atom stereocenters. The Morgan fingerprint density at radius 2 is 1.79 bits per heavy atom. The smallest absolute Gasteiger partial charge is 0.322 e. The molecule has 2 aromatic carbocycles. The Kier molecular flexibility index (Phi) is 9.62. The van der Waals surface area contributed by atoms with Crippen molar-refractivity contribution in [1.29, 1.82) is 0 Å². The lowest BCUT2D eigenvalue weighted by Gasteiger charge is -2.37. The van der Waals surface area contributed by atoms with E-state index in [1.54, 1.807) is 6.07 Å². The molecule has 0 bridgehead atoms. The Morgan fingerprint density at radius 1 is 1.11 bits per heavy atom. The van der Waals surface area contributed by atoms with Gasteiger partial charge in [0.15, 0.2) is 0 Å². The molecule has 1 fully saturated rings. The third kappa shape index (κ3) is 8.27. The summed E-state index contributed by atoms with van der Waals surface area (Å²) in [6.45, 7) is 10.7. The van der Waals surface area contributed by atoms with Gasteiger partial charge in [0.25, 0.3) is 0 Å². The molecule has 210 valence electrons. The van der Waals surface area contributed by atoms with Crippen LogP contribution in [0.4, 0.5) is 0 Å². The fourth-order valence-corrected chi connectivity index (χ4v) is 6.87. The van der Waals surface area contributed by atoms with Crippen LogP contribution in [0.1, 0.15) is 55.9 Å². The predicted octanol–water partition coefficient (Wildman–Crippen LogP) is 4.06. The first-order chi connectivity index (χ1) is 17.6. The predicted molar refractivity (Wildman–Crippen MR) is 150 cm³/mol. The van der Waals surface area contributed by atoms with E-state index in [-0.39, 0.29) is 35.9 Å². The number of aliphatic carboxylic acids is 1. The molecule has 0 saturated carbocycles. The minimum absolute atomic E-state index is 0.0367. The van der Waals surface area contributed by atoms with Crippen LogP contribution >= 0.6 is 0 Å². The van der Waals surface area contributed by atoms with Crippen molar-refractivity contribution < 1.29 is 23.4 Å². The highest BCUT2D eigenvalue weighted by Crippen LogP contribution is 2.29. The van der Waals surface area contributed by atoms with Gasteiger partial charge in [0.1, 0.15) is 11.8 Å². The lowest BCUT2D eigenvalue weighted by molar-refractivity contribution is -0.141. The first-order valence-corrected chi connectivity index (χ1v) is 14.7. The van der Waals surface area contributed by atoms with Crippen molar-refractivity contribution in [2.45, 2.75) is 72.3 Å². The van der Waals surface area contributed by atoms with Crippen molar-refractivity contribution in [1.82, 2.24) is 14.1 Å². The maximum atomic E-state index is 12.6. The lowest BCUT2D eigenvalue weighted by Crippen LogP contribution is -2.43. The molecule has 2 aromatic rings. The Morgan fingerprint density at radius 3 is 2.39 bits per heavy atom. The number of aryl methyl sites for hydroxylation is 1. The molecule has 2 N–H and O–H groups in total. The van der Waals surface area contributed by atoms with Crippen LogP contribution in [0.2, 0.25) is 0 Å². The second-order valence-electron chi connectivity index (χ2n) is 12.0. The number of hydrogen-bond acceptors (Lipinski definition) is 6. The van der Waals surface area contributed by atoms with Gasteiger partial charge in [0.05, 0.1) is 5.75 Å². The summed E-state index contributed by atoms with van der Waals surface area (Å²) in [5, 5.41) is 20.2. The van der Waals surface area contributed by atoms with Crippen molar-refractivity contribution in [2.24, 2.45) is 5.41 Å². The van der Waals surface area contributed by atoms with Crippen molar-refractivity contribution in [3.63, 3.8) is 0 Å². The van der Waals surface area contributed by atoms with Gasteiger partial charge in [0, 0.05) is 37.8 Å². The molecule has 1 saturated heterocycles. The molecule has 0 radical (unpaired) electrons. The van der Waals surface area contributed by atoms with Crippen molar-refractivity contribution >= 4 is 16.0 Å². The Balaban J connectivity index is 1.92. The van der Waals surface area contributed by atoms with E-state index in [1.807, 2.05) is 43.3 Å². The van der Waals surface area contributed by atoms with Crippen LogP contribution in [-0.2, 0) is 34.5 Å². The number of carboxylic acids is 1. The van der Waals surface area contributed by atoms with E-state index in [1.165, 1.54) is 0 Å². The molecule has 1 aliphatic heterocycles. The van der Waals surface area contributed by atoms with Gasteiger partial charge in [-0.3, -0.25) is 9.69 Å². The third-order valence-corrected chi connectivity index (χ3v) is 8.76. The molecular formula is C29H43N3O5S. The van der Waals surface area contributed by atoms with Crippen LogP contribution in [-0.4, -0.2) is 77.2 Å². The quantitative estimate of drug-likeness (QED) is 0.439. The number of nitrogens with zero attached hydrogens (tertiary/aromatic N) is 3. The minimum Gasteiger partial charge on any atom is -0.508 e. The van der Waals surface area contributed by atoms with E-state index in [2.05, 4.69) is 44.7 Å². The summed E-state index contributed by atoms with van der Waals surface area (Å²) in [5.74, 6) is -0.974. The lowest BCUT2D eigenvalue weighted by atomic mass is 9.87. The highest BCUT2D eigenvalue weighted by atomic mass is 32.2. The number of aromatic hydroxyl groups is 1. The monoisotopic (exact) mass is 545 g/mol. The van der Waals surface area contributed by atoms with E-state index < -0.39 is 22.0 Å². The van der Waals surface area contributed by atoms with Crippen molar-refractivity contribution in [3.05, 3.63) is 64.7 Å². The maximum Gasteiger partial charge on any atom is 0.322 e. The zero-order valence-corrected chi connectivity index (χ0v) is 24.3. The minimum atomic E-state index is -3.60. The van der Waals surface area contributed by atoms with Crippen molar-refractivity contribution in [2.75, 3.05) is 26.4 Å². The molecule has 1 unspecified atom stereocenters. The summed E-state index contributed by atoms with van der Waals surface area (Å²) < 4.78 is 26.2. The standard InChI is InChI=1S/C29H43N3O5S/c1-21-10-11-24(27(33)14-21)19-31(25(20-30(5)6)16-29(2,3)4)17-22-8-7-9-23(15-22)18-32-26(28(34)35)12-13-38(32,36)37/h7-11,14-15,25-26,33H,12-13,16-20H2,1-6H3,(H,34,35)/t25-,26?/m0/s1. The van der Waals surface area contributed by atoms with Gasteiger partial charge >= 0.3 is 5.97 Å². The zero-order chi connectivity index (χ0) is 28.3. The van der Waals surface area contributed by atoms with Crippen molar-refractivity contribution in [3.8, 4) is 5.75 Å². The number of hydrogen-bond donors (Lipinski definition) is 2. The second kappa shape index (κ2) is 12.2. The molecular weight excluding hydrogens is 502 g/mol. The van der Waals surface area contributed by atoms with Gasteiger partial charge < -0.3 is 15.1 Å². The number of likely N-dealkylation sites (N-methyl/N-ethyl adjacent to an activating group) is 1. The molecule has 0 spiro atoms. The average Bonchev–Trinajstić information content (AvgIpc) is 3.08. The van der Waals surface area contributed by atoms with E-state index in [4.69, 9.17) is 0 Å². The third-order valence-electron chi connectivity index (χ3n) is 6.91. The van der Waals surface area contributed by atoms with Crippen LogP contribution < -0.4 is 0 Å². The number of phenols is 1. The molecule has 0 aromatic heterocycles. The highest BCUT2D eigenvalue weighted by Gasteiger charge is 2.41. The molecule has 1 heterocycles. The number of rotatable bonds is 11. The van der Waals surface area contributed by atoms with Gasteiger partial charge in [0.2, 0.25) is 10.0 Å². The van der Waals surface area contributed by atoms with Gasteiger partial charge in [-0.25, -0.2) is 8.42 Å². The Bertz CT molecular complexity index is 1220. The number of benzene rings is 2. The SMILES string of the molecule is Cc1ccc(CN(Cc2cccc(CN3C(C(=O)O)CCS3(=O)=O)c2)[C@H](CN(C)C)CC(C)(C)C)c(O)c1. The number of carbonyl (C=O) groups is 1. The largest absolute Gasteiger partial charge is 0.508 e. The maximum absolute atomic E-state index is 12.6. The van der Waals surface area contributed by atoms with Crippen LogP contribution in [0.5, 0.6) is 5.75 Å². The molecule has 8 nitrogen and oxygen atoms in total. The summed E-state index contributed by atoms with van der Waals surface area (Å²) in [6, 6.07) is 12.7. The molecule has 9 heteroatoms. The Hall–Kier alpha value is -2.46. The van der Waals surface area contributed by atoms with E-state index in [9.17, 15) is 23.4 Å². The van der Waals surface area contributed by atoms with Gasteiger partial charge in [-0.05, 0) is 62.0 Å². The topological polar surface area (TPSA) is 101 Å². The first-order valence-electron chi connectivity index (χ1n) is 13.1. The average molecular weight is 546 g/mol. The summed E-state index contributed by atoms with van der Waals surface area (Å²) in [4.78, 5) is 16.2. The summed E-state index contributed by atoms with van der Waals surface area (Å²) in [6.07, 6.45) is 1.05. The van der Waals surface area contributed by atoms with Gasteiger partial charge in [-0.15, -0.1) is 0 Å². The Labute approximate surface area is 227 Å². The number of carboxylic acid groups (broad SMARTS) is 1. The fraction of sp³-hybridized carbons (Fsp3) is 0.552. The van der Waals surface area contributed by atoms with E-state index in [0.717, 1.165) is 39.5 Å². The summed E-state index contributed by atoms with van der Waals surface area (Å²) in [7, 11) is 0.522. The van der Waals surface area contributed by atoms with Gasteiger partial charge in [-0.1, -0.05) is 57.2 Å². The number of phenolic OH excluding ortho intramolecular Hbond substituents is 1. The summed E-state index contributed by atoms with van der Waals surface area (Å²) >= 11 is 0. The molecule has 1 aliphatic rings. The second-order valence-corrected chi connectivity index (χ2v) is 14.1. The van der Waals surface area contributed by atoms with Crippen LogP contribution in [0.3, 0.4) is 0 Å². The normalized spacial score (nSPS) is 18.8. The fourth-order valence-electron chi connectivity index (χ4n) is 5.19.